The van der Waals surface area contributed by atoms with Crippen LogP contribution in [-0.2, 0) is 4.74 Å². The third kappa shape index (κ3) is 4.91. The van der Waals surface area contributed by atoms with Crippen molar-refractivity contribution >= 4 is 34.6 Å². The summed E-state index contributed by atoms with van der Waals surface area (Å²) in [6.07, 6.45) is 2.34. The number of thiocarbonyl (C=S) groups is 1. The number of hydrazone groups is 1. The summed E-state index contributed by atoms with van der Waals surface area (Å²) in [6, 6.07) is 4.18. The van der Waals surface area contributed by atoms with Crippen molar-refractivity contribution in [3.8, 4) is 0 Å². The van der Waals surface area contributed by atoms with Crippen LogP contribution in [0.15, 0.2) is 23.3 Å². The maximum atomic E-state index is 13.0. The van der Waals surface area contributed by atoms with Crippen LogP contribution in [0.3, 0.4) is 0 Å². The van der Waals surface area contributed by atoms with E-state index >= 15 is 0 Å². The Labute approximate surface area is 133 Å². The number of hydrogen-bond acceptors (Lipinski definition) is 3. The van der Waals surface area contributed by atoms with E-state index in [9.17, 15) is 4.39 Å². The molecule has 21 heavy (non-hydrogen) atoms. The van der Waals surface area contributed by atoms with Crippen molar-refractivity contribution in [2.45, 2.75) is 25.9 Å². The summed E-state index contributed by atoms with van der Waals surface area (Å²) in [5, 5.41) is 7.93. The van der Waals surface area contributed by atoms with Gasteiger partial charge in [0.05, 0.1) is 16.8 Å². The molecule has 114 valence electrons. The van der Waals surface area contributed by atoms with E-state index in [4.69, 9.17) is 28.6 Å². The highest BCUT2D eigenvalue weighted by atomic mass is 35.5. The lowest BCUT2D eigenvalue weighted by Crippen LogP contribution is -2.37. The van der Waals surface area contributed by atoms with Crippen LogP contribution < -0.4 is 10.7 Å². The van der Waals surface area contributed by atoms with Gasteiger partial charge in [-0.3, -0.25) is 5.43 Å². The first-order chi connectivity index (χ1) is 10.1. The monoisotopic (exact) mass is 329 g/mol. The van der Waals surface area contributed by atoms with E-state index in [1.54, 1.807) is 13.0 Å². The lowest BCUT2D eigenvalue weighted by molar-refractivity contribution is 0.114. The van der Waals surface area contributed by atoms with E-state index in [1.165, 1.54) is 12.1 Å². The second-order valence-electron chi connectivity index (χ2n) is 4.78. The van der Waals surface area contributed by atoms with E-state index in [1.807, 2.05) is 0 Å². The second-order valence-corrected chi connectivity index (χ2v) is 5.59. The summed E-state index contributed by atoms with van der Waals surface area (Å²) in [5.41, 5.74) is 4.03. The minimum Gasteiger partial charge on any atom is -0.376 e. The van der Waals surface area contributed by atoms with Crippen LogP contribution in [0.2, 0.25) is 5.02 Å². The van der Waals surface area contributed by atoms with Crippen LogP contribution in [0.1, 0.15) is 25.3 Å². The van der Waals surface area contributed by atoms with Gasteiger partial charge in [-0.25, -0.2) is 4.39 Å². The Morgan fingerprint density at radius 3 is 3.05 bits per heavy atom. The van der Waals surface area contributed by atoms with Gasteiger partial charge in [0.2, 0.25) is 0 Å². The van der Waals surface area contributed by atoms with Gasteiger partial charge in [0.25, 0.3) is 0 Å². The molecule has 0 radical (unpaired) electrons. The van der Waals surface area contributed by atoms with Crippen molar-refractivity contribution in [2.75, 3.05) is 13.2 Å². The van der Waals surface area contributed by atoms with Crippen LogP contribution in [-0.4, -0.2) is 30.1 Å². The van der Waals surface area contributed by atoms with E-state index in [2.05, 4.69) is 15.8 Å². The van der Waals surface area contributed by atoms with Crippen LogP contribution in [0.25, 0.3) is 0 Å². The highest BCUT2D eigenvalue weighted by molar-refractivity contribution is 7.80. The number of benzene rings is 1. The molecule has 0 bridgehead atoms. The molecule has 1 aromatic carbocycles. The van der Waals surface area contributed by atoms with Gasteiger partial charge in [-0.1, -0.05) is 11.6 Å². The zero-order valence-corrected chi connectivity index (χ0v) is 13.2. The van der Waals surface area contributed by atoms with Crippen molar-refractivity contribution in [1.29, 1.82) is 0 Å². The Morgan fingerprint density at radius 1 is 1.57 bits per heavy atom. The molecule has 0 saturated carbocycles. The standard InChI is InChI=1S/C14H17ClFN3OS/c1-9(12-5-4-10(16)7-13(12)15)18-19-14(21)17-8-11-3-2-6-20-11/h4-5,7,11H,2-3,6,8H2,1H3,(H2,17,19,21)/b18-9-/t11-/m1/s1. The Hall–Kier alpha value is -1.24. The first-order valence-corrected chi connectivity index (χ1v) is 7.50. The smallest absolute Gasteiger partial charge is 0.187 e. The third-order valence-corrected chi connectivity index (χ3v) is 3.71. The highest BCUT2D eigenvalue weighted by Gasteiger charge is 2.15. The van der Waals surface area contributed by atoms with Crippen molar-refractivity contribution < 1.29 is 9.13 Å². The summed E-state index contributed by atoms with van der Waals surface area (Å²) >= 11 is 11.1. The number of nitrogens with zero attached hydrogens (tertiary/aromatic N) is 1. The Bertz CT molecular complexity index is 547. The van der Waals surface area contributed by atoms with E-state index < -0.39 is 0 Å². The van der Waals surface area contributed by atoms with E-state index in [0.717, 1.165) is 19.4 Å². The lowest BCUT2D eigenvalue weighted by atomic mass is 10.1. The molecule has 1 heterocycles. The SMILES string of the molecule is C/C(=N/NC(=S)NC[C@H]1CCCO1)c1ccc(F)cc1Cl. The summed E-state index contributed by atoms with van der Waals surface area (Å²) in [7, 11) is 0. The molecule has 0 amide bonds. The minimum atomic E-state index is -0.377. The molecule has 1 aliphatic heterocycles. The molecular formula is C14H17ClFN3OS. The van der Waals surface area contributed by atoms with Crippen LogP contribution in [0, 0.1) is 5.82 Å². The topological polar surface area (TPSA) is 45.7 Å². The summed E-state index contributed by atoms with van der Waals surface area (Å²) < 4.78 is 18.5. The fraction of sp³-hybridized carbons (Fsp3) is 0.429. The zero-order chi connectivity index (χ0) is 15.2. The predicted molar refractivity (Wildman–Crippen MR) is 86.3 cm³/mol. The lowest BCUT2D eigenvalue weighted by Gasteiger charge is -2.12. The molecule has 1 fully saturated rings. The molecule has 0 unspecified atom stereocenters. The fourth-order valence-corrected chi connectivity index (χ4v) is 2.46. The average molecular weight is 330 g/mol. The first kappa shape index (κ1) is 16.1. The highest BCUT2D eigenvalue weighted by Crippen LogP contribution is 2.17. The van der Waals surface area contributed by atoms with E-state index in [-0.39, 0.29) is 11.9 Å². The molecule has 1 aliphatic rings. The number of nitrogens with one attached hydrogen (secondary N) is 2. The van der Waals surface area contributed by atoms with E-state index in [0.29, 0.717) is 28.0 Å². The van der Waals surface area contributed by atoms with Gasteiger partial charge >= 0.3 is 0 Å². The molecule has 7 heteroatoms. The summed E-state index contributed by atoms with van der Waals surface area (Å²) in [6.45, 7) is 3.25. The third-order valence-electron chi connectivity index (χ3n) is 3.16. The van der Waals surface area contributed by atoms with Crippen LogP contribution in [0.4, 0.5) is 4.39 Å². The Kier molecular flexibility index (Phi) is 5.90. The van der Waals surface area contributed by atoms with Gasteiger partial charge in [-0.2, -0.15) is 5.10 Å². The molecule has 4 nitrogen and oxygen atoms in total. The fourth-order valence-electron chi connectivity index (χ4n) is 2.03. The van der Waals surface area contributed by atoms with Gasteiger partial charge in [0.1, 0.15) is 5.82 Å². The van der Waals surface area contributed by atoms with Crippen molar-refractivity contribution in [3.63, 3.8) is 0 Å². The number of hydrogen-bond donors (Lipinski definition) is 2. The zero-order valence-electron chi connectivity index (χ0n) is 11.7. The maximum Gasteiger partial charge on any atom is 0.187 e. The number of ether oxygens (including phenoxy) is 1. The molecular weight excluding hydrogens is 313 g/mol. The Morgan fingerprint density at radius 2 is 2.38 bits per heavy atom. The predicted octanol–water partition coefficient (Wildman–Crippen LogP) is 2.85. The second kappa shape index (κ2) is 7.68. The quantitative estimate of drug-likeness (QED) is 0.506. The molecule has 0 aliphatic carbocycles. The molecule has 0 aromatic heterocycles. The van der Waals surface area contributed by atoms with Gasteiger partial charge in [0.15, 0.2) is 5.11 Å². The van der Waals surface area contributed by atoms with Crippen molar-refractivity contribution in [2.24, 2.45) is 5.10 Å². The van der Waals surface area contributed by atoms with Gasteiger partial charge in [-0.15, -0.1) is 0 Å². The normalized spacial score (nSPS) is 18.6. The molecule has 2 N–H and O–H groups in total. The van der Waals surface area contributed by atoms with Gasteiger partial charge < -0.3 is 10.1 Å². The molecule has 1 atom stereocenters. The largest absolute Gasteiger partial charge is 0.376 e. The first-order valence-electron chi connectivity index (χ1n) is 6.71. The van der Waals surface area contributed by atoms with Gasteiger partial charge in [-0.05, 0) is 50.2 Å². The van der Waals surface area contributed by atoms with Crippen molar-refractivity contribution in [1.82, 2.24) is 10.7 Å². The minimum absolute atomic E-state index is 0.210. The van der Waals surface area contributed by atoms with Crippen molar-refractivity contribution in [3.05, 3.63) is 34.6 Å². The summed E-state index contributed by atoms with van der Waals surface area (Å²) in [4.78, 5) is 0. The van der Waals surface area contributed by atoms with Crippen LogP contribution in [0.5, 0.6) is 0 Å². The summed E-state index contributed by atoms with van der Waals surface area (Å²) in [5.74, 6) is -0.377. The molecule has 2 rings (SSSR count). The number of halogens is 2. The number of rotatable bonds is 4. The molecule has 1 saturated heterocycles. The average Bonchev–Trinajstić information content (AvgIpc) is 2.95. The molecule has 1 aromatic rings. The molecule has 0 spiro atoms. The maximum absolute atomic E-state index is 13.0. The Balaban J connectivity index is 1.85. The van der Waals surface area contributed by atoms with Gasteiger partial charge in [0, 0.05) is 18.7 Å². The van der Waals surface area contributed by atoms with Crippen LogP contribution >= 0.6 is 23.8 Å².